The van der Waals surface area contributed by atoms with Crippen molar-refractivity contribution in [2.45, 2.75) is 6.42 Å². The summed E-state index contributed by atoms with van der Waals surface area (Å²) in [5.74, 6) is 0.239. The summed E-state index contributed by atoms with van der Waals surface area (Å²) in [5, 5.41) is 13.5. The van der Waals surface area contributed by atoms with Crippen molar-refractivity contribution in [3.8, 4) is 0 Å². The van der Waals surface area contributed by atoms with Crippen LogP contribution in [0.1, 0.15) is 21.9 Å². The lowest BCUT2D eigenvalue weighted by Gasteiger charge is -2.00. The number of fused-ring (bicyclic) bond motifs is 1. The average molecular weight is 335 g/mol. The van der Waals surface area contributed by atoms with Crippen LogP contribution in [0.4, 0.5) is 0 Å². The predicted octanol–water partition coefficient (Wildman–Crippen LogP) is 2.12. The second-order valence-electron chi connectivity index (χ2n) is 4.41. The molecule has 2 heterocycles. The minimum atomic E-state index is -1.08. The van der Waals surface area contributed by atoms with E-state index >= 15 is 0 Å². The van der Waals surface area contributed by atoms with Crippen LogP contribution in [0.2, 0.25) is 0 Å². The molecule has 0 bridgehead atoms. The van der Waals surface area contributed by atoms with Gasteiger partial charge in [-0.25, -0.2) is 9.78 Å². The number of hydrogen-bond donors (Lipinski definition) is 1. The highest BCUT2D eigenvalue weighted by Gasteiger charge is 2.21. The van der Waals surface area contributed by atoms with E-state index in [1.165, 1.54) is 4.52 Å². The standard InChI is InChI=1S/C13H11BrN4O2/c1-17-9(7-8-5-3-2-4-6-8)16-18-11(14)10(12(19)20)15-13(17)18/h2-6H,7H2,1H3,(H,19,20). The molecule has 0 atom stereocenters. The third-order valence-electron chi connectivity index (χ3n) is 3.09. The number of hydrogen-bond acceptors (Lipinski definition) is 3. The van der Waals surface area contributed by atoms with E-state index in [1.54, 1.807) is 4.57 Å². The Hall–Kier alpha value is -2.15. The molecule has 7 heteroatoms. The molecule has 0 aliphatic heterocycles. The zero-order valence-electron chi connectivity index (χ0n) is 10.6. The number of aromatic carboxylic acids is 1. The van der Waals surface area contributed by atoms with E-state index in [1.807, 2.05) is 37.4 Å². The van der Waals surface area contributed by atoms with Crippen LogP contribution in [0, 0.1) is 0 Å². The van der Waals surface area contributed by atoms with Gasteiger partial charge in [0.2, 0.25) is 5.78 Å². The molecular formula is C13H11BrN4O2. The van der Waals surface area contributed by atoms with Gasteiger partial charge in [0, 0.05) is 13.5 Å². The van der Waals surface area contributed by atoms with Crippen molar-refractivity contribution in [1.29, 1.82) is 0 Å². The van der Waals surface area contributed by atoms with Crippen molar-refractivity contribution >= 4 is 27.7 Å². The molecule has 0 saturated heterocycles. The third kappa shape index (κ3) is 2.00. The van der Waals surface area contributed by atoms with Gasteiger partial charge in [0.25, 0.3) is 0 Å². The number of aryl methyl sites for hydroxylation is 1. The van der Waals surface area contributed by atoms with Crippen LogP contribution < -0.4 is 0 Å². The van der Waals surface area contributed by atoms with Crippen molar-refractivity contribution < 1.29 is 9.90 Å². The topological polar surface area (TPSA) is 72.4 Å². The first-order valence-electron chi connectivity index (χ1n) is 5.95. The Labute approximate surface area is 122 Å². The molecule has 3 rings (SSSR count). The van der Waals surface area contributed by atoms with Crippen molar-refractivity contribution in [1.82, 2.24) is 19.2 Å². The number of aromatic nitrogens is 4. The van der Waals surface area contributed by atoms with Crippen LogP contribution in [0.3, 0.4) is 0 Å². The summed E-state index contributed by atoms with van der Waals surface area (Å²) in [6.45, 7) is 0. The number of nitrogens with zero attached hydrogens (tertiary/aromatic N) is 4. The van der Waals surface area contributed by atoms with Crippen molar-refractivity contribution in [2.24, 2.45) is 7.05 Å². The molecule has 3 aromatic rings. The normalized spacial score (nSPS) is 11.1. The first kappa shape index (κ1) is 12.9. The van der Waals surface area contributed by atoms with Gasteiger partial charge in [-0.15, -0.1) is 0 Å². The van der Waals surface area contributed by atoms with Crippen LogP contribution in [-0.4, -0.2) is 30.2 Å². The highest BCUT2D eigenvalue weighted by molar-refractivity contribution is 9.10. The van der Waals surface area contributed by atoms with Gasteiger partial charge in [-0.1, -0.05) is 30.3 Å². The third-order valence-corrected chi connectivity index (χ3v) is 3.80. The Balaban J connectivity index is 2.06. The Bertz CT molecular complexity index is 792. The summed E-state index contributed by atoms with van der Waals surface area (Å²) in [7, 11) is 1.83. The fraction of sp³-hybridized carbons (Fsp3) is 0.154. The zero-order chi connectivity index (χ0) is 14.3. The Kier molecular flexibility index (Phi) is 3.06. The summed E-state index contributed by atoms with van der Waals surface area (Å²) >= 11 is 3.23. The van der Waals surface area contributed by atoms with E-state index in [-0.39, 0.29) is 5.69 Å². The van der Waals surface area contributed by atoms with Gasteiger partial charge >= 0.3 is 5.97 Å². The number of imidazole rings is 1. The highest BCUT2D eigenvalue weighted by atomic mass is 79.9. The van der Waals surface area contributed by atoms with Gasteiger partial charge in [-0.05, 0) is 21.5 Å². The van der Waals surface area contributed by atoms with E-state index < -0.39 is 5.97 Å². The van der Waals surface area contributed by atoms with Crippen molar-refractivity contribution in [3.05, 3.63) is 52.0 Å². The van der Waals surface area contributed by atoms with Crippen LogP contribution in [-0.2, 0) is 13.5 Å². The van der Waals surface area contributed by atoms with Gasteiger partial charge in [-0.3, -0.25) is 4.57 Å². The van der Waals surface area contributed by atoms with E-state index in [9.17, 15) is 4.79 Å². The number of benzene rings is 1. The average Bonchev–Trinajstić information content (AvgIpc) is 2.91. The minimum Gasteiger partial charge on any atom is -0.476 e. The van der Waals surface area contributed by atoms with E-state index in [0.29, 0.717) is 16.8 Å². The smallest absolute Gasteiger partial charge is 0.357 e. The Morgan fingerprint density at radius 2 is 2.05 bits per heavy atom. The lowest BCUT2D eigenvalue weighted by atomic mass is 10.1. The summed E-state index contributed by atoms with van der Waals surface area (Å²) < 4.78 is 3.65. The summed E-state index contributed by atoms with van der Waals surface area (Å²) in [6, 6.07) is 9.96. The summed E-state index contributed by atoms with van der Waals surface area (Å²) in [5.41, 5.74) is 1.10. The van der Waals surface area contributed by atoms with E-state index in [0.717, 1.165) is 11.4 Å². The Morgan fingerprint density at radius 3 is 2.65 bits per heavy atom. The quantitative estimate of drug-likeness (QED) is 0.796. The lowest BCUT2D eigenvalue weighted by molar-refractivity contribution is 0.0690. The zero-order valence-corrected chi connectivity index (χ0v) is 12.2. The van der Waals surface area contributed by atoms with Gasteiger partial charge in [-0.2, -0.15) is 9.61 Å². The maximum atomic E-state index is 11.0. The van der Waals surface area contributed by atoms with Crippen molar-refractivity contribution in [3.63, 3.8) is 0 Å². The molecule has 0 spiro atoms. The predicted molar refractivity (Wildman–Crippen MR) is 75.9 cm³/mol. The molecule has 2 aromatic heterocycles. The number of rotatable bonds is 3. The van der Waals surface area contributed by atoms with Gasteiger partial charge in [0.05, 0.1) is 0 Å². The molecule has 102 valence electrons. The molecule has 6 nitrogen and oxygen atoms in total. The molecule has 20 heavy (non-hydrogen) atoms. The first-order valence-corrected chi connectivity index (χ1v) is 6.74. The maximum Gasteiger partial charge on any atom is 0.357 e. The number of halogens is 1. The summed E-state index contributed by atoms with van der Waals surface area (Å²) in [6.07, 6.45) is 0.662. The van der Waals surface area contributed by atoms with Crippen LogP contribution >= 0.6 is 15.9 Å². The fourth-order valence-electron chi connectivity index (χ4n) is 2.05. The first-order chi connectivity index (χ1) is 9.58. The second-order valence-corrected chi connectivity index (χ2v) is 5.16. The fourth-order valence-corrected chi connectivity index (χ4v) is 2.55. The van der Waals surface area contributed by atoms with Crippen LogP contribution in [0.25, 0.3) is 5.78 Å². The number of carbonyl (C=O) groups is 1. The maximum absolute atomic E-state index is 11.0. The summed E-state index contributed by atoms with van der Waals surface area (Å²) in [4.78, 5) is 15.1. The molecule has 1 aromatic carbocycles. The molecule has 0 aliphatic carbocycles. The molecule has 0 fully saturated rings. The molecule has 0 amide bonds. The monoisotopic (exact) mass is 334 g/mol. The number of carboxylic acid groups (broad SMARTS) is 1. The molecule has 0 aliphatic rings. The molecule has 0 unspecified atom stereocenters. The van der Waals surface area contributed by atoms with E-state index in [4.69, 9.17) is 5.11 Å². The molecule has 1 N–H and O–H groups in total. The van der Waals surface area contributed by atoms with Gasteiger partial charge in [0.1, 0.15) is 10.4 Å². The second kappa shape index (κ2) is 4.75. The molecule has 0 radical (unpaired) electrons. The molecular weight excluding hydrogens is 324 g/mol. The van der Waals surface area contributed by atoms with Crippen molar-refractivity contribution in [2.75, 3.05) is 0 Å². The molecule has 0 saturated carbocycles. The van der Waals surface area contributed by atoms with Gasteiger partial charge < -0.3 is 5.11 Å². The van der Waals surface area contributed by atoms with Crippen LogP contribution in [0.15, 0.2) is 34.9 Å². The lowest BCUT2D eigenvalue weighted by Crippen LogP contribution is -2.02. The minimum absolute atomic E-state index is 0.0330. The highest BCUT2D eigenvalue weighted by Crippen LogP contribution is 2.20. The van der Waals surface area contributed by atoms with Crippen LogP contribution in [0.5, 0.6) is 0 Å². The van der Waals surface area contributed by atoms with E-state index in [2.05, 4.69) is 26.0 Å². The SMILES string of the molecule is Cn1c(Cc2ccccc2)nn2c(Br)c(C(=O)O)nc12. The Morgan fingerprint density at radius 1 is 1.35 bits per heavy atom. The van der Waals surface area contributed by atoms with Gasteiger partial charge in [0.15, 0.2) is 5.69 Å². The number of carboxylic acids is 1. The largest absolute Gasteiger partial charge is 0.476 e.